The van der Waals surface area contributed by atoms with Gasteiger partial charge in [-0.05, 0) is 36.6 Å². The van der Waals surface area contributed by atoms with E-state index in [9.17, 15) is 4.79 Å². The van der Waals surface area contributed by atoms with E-state index in [0.717, 1.165) is 5.56 Å². The number of carboxylic acid groups (broad SMARTS) is 1. The summed E-state index contributed by atoms with van der Waals surface area (Å²) in [5.41, 5.74) is 1.17. The van der Waals surface area contributed by atoms with Gasteiger partial charge in [-0.15, -0.1) is 0 Å². The first kappa shape index (κ1) is 11.6. The van der Waals surface area contributed by atoms with Crippen LogP contribution in [0.2, 0.25) is 0 Å². The normalized spacial score (nSPS) is 10.4. The molecule has 1 aromatic rings. The van der Waals surface area contributed by atoms with Crippen LogP contribution in [0.3, 0.4) is 0 Å². The van der Waals surface area contributed by atoms with Gasteiger partial charge in [0.15, 0.2) is 0 Å². The molecule has 1 aromatic carbocycles. The molecule has 0 atom stereocenters. The highest BCUT2D eigenvalue weighted by molar-refractivity contribution is 5.88. The molecule has 1 N–H and O–H groups in total. The quantitative estimate of drug-likeness (QED) is 0.827. The lowest BCUT2D eigenvalue weighted by Crippen LogP contribution is -2.06. The number of hydrogen-bond donors (Lipinski definition) is 1. The Hall–Kier alpha value is -1.51. The van der Waals surface area contributed by atoms with Gasteiger partial charge in [0.25, 0.3) is 0 Å². The average molecular weight is 208 g/mol. The van der Waals surface area contributed by atoms with E-state index in [-0.39, 0.29) is 5.56 Å². The number of aromatic carboxylic acids is 1. The van der Waals surface area contributed by atoms with Gasteiger partial charge in [-0.1, -0.05) is 13.8 Å². The van der Waals surface area contributed by atoms with Crippen molar-refractivity contribution >= 4 is 5.97 Å². The van der Waals surface area contributed by atoms with Gasteiger partial charge in [0, 0.05) is 0 Å². The molecule has 0 heterocycles. The van der Waals surface area contributed by atoms with Gasteiger partial charge in [0.1, 0.15) is 5.75 Å². The minimum Gasteiger partial charge on any atom is -0.493 e. The Morgan fingerprint density at radius 1 is 1.40 bits per heavy atom. The van der Waals surface area contributed by atoms with Crippen molar-refractivity contribution in [2.24, 2.45) is 5.92 Å². The Balaban J connectivity index is 2.84. The maximum absolute atomic E-state index is 10.8. The summed E-state index contributed by atoms with van der Waals surface area (Å²) < 4.78 is 5.48. The minimum absolute atomic E-state index is 0.272. The molecule has 3 heteroatoms. The topological polar surface area (TPSA) is 46.5 Å². The summed E-state index contributed by atoms with van der Waals surface area (Å²) in [5.74, 6) is 0.132. The summed E-state index contributed by atoms with van der Waals surface area (Å²) in [6.45, 7) is 6.55. The van der Waals surface area contributed by atoms with E-state index < -0.39 is 5.97 Å². The van der Waals surface area contributed by atoms with Crippen LogP contribution in [0.25, 0.3) is 0 Å². The minimum atomic E-state index is -0.923. The standard InChI is InChI=1S/C12H16O3/c1-8(2)7-15-11-5-9(3)4-10(6-11)12(13)14/h4-6,8H,7H2,1-3H3,(H,13,14). The van der Waals surface area contributed by atoms with E-state index in [1.54, 1.807) is 12.1 Å². The summed E-state index contributed by atoms with van der Waals surface area (Å²) in [7, 11) is 0. The largest absolute Gasteiger partial charge is 0.493 e. The summed E-state index contributed by atoms with van der Waals surface area (Å²) in [6.07, 6.45) is 0. The second-order valence-corrected chi connectivity index (χ2v) is 4.04. The maximum atomic E-state index is 10.8. The fourth-order valence-corrected chi connectivity index (χ4v) is 1.22. The monoisotopic (exact) mass is 208 g/mol. The van der Waals surface area contributed by atoms with Crippen molar-refractivity contribution in [1.82, 2.24) is 0 Å². The van der Waals surface area contributed by atoms with Gasteiger partial charge >= 0.3 is 5.97 Å². The molecule has 82 valence electrons. The Labute approximate surface area is 89.7 Å². The van der Waals surface area contributed by atoms with Crippen LogP contribution >= 0.6 is 0 Å². The molecule has 0 bridgehead atoms. The number of ether oxygens (including phenoxy) is 1. The van der Waals surface area contributed by atoms with E-state index in [1.165, 1.54) is 0 Å². The SMILES string of the molecule is Cc1cc(OCC(C)C)cc(C(=O)O)c1. The van der Waals surface area contributed by atoms with Crippen LogP contribution in [0, 0.1) is 12.8 Å². The van der Waals surface area contributed by atoms with Crippen LogP contribution in [0.1, 0.15) is 29.8 Å². The first-order chi connectivity index (χ1) is 6.99. The fraction of sp³-hybridized carbons (Fsp3) is 0.417. The number of carboxylic acids is 1. The average Bonchev–Trinajstić information content (AvgIpc) is 2.13. The van der Waals surface area contributed by atoms with Crippen molar-refractivity contribution in [3.8, 4) is 5.75 Å². The van der Waals surface area contributed by atoms with Crippen LogP contribution in [-0.2, 0) is 0 Å². The summed E-state index contributed by atoms with van der Waals surface area (Å²) in [4.78, 5) is 10.8. The first-order valence-electron chi connectivity index (χ1n) is 4.97. The summed E-state index contributed by atoms with van der Waals surface area (Å²) in [5, 5.41) is 8.86. The Morgan fingerprint density at radius 2 is 2.07 bits per heavy atom. The molecule has 0 spiro atoms. The number of rotatable bonds is 4. The van der Waals surface area contributed by atoms with Crippen LogP contribution in [0.4, 0.5) is 0 Å². The van der Waals surface area contributed by atoms with Gasteiger partial charge in [-0.2, -0.15) is 0 Å². The van der Waals surface area contributed by atoms with Crippen LogP contribution in [0.5, 0.6) is 5.75 Å². The molecule has 0 aliphatic heterocycles. The molecule has 0 fully saturated rings. The number of aryl methyl sites for hydroxylation is 1. The molecule has 0 unspecified atom stereocenters. The van der Waals surface area contributed by atoms with Gasteiger partial charge < -0.3 is 9.84 Å². The van der Waals surface area contributed by atoms with E-state index >= 15 is 0 Å². The maximum Gasteiger partial charge on any atom is 0.335 e. The third-order valence-electron chi connectivity index (χ3n) is 1.88. The van der Waals surface area contributed by atoms with Crippen LogP contribution in [0.15, 0.2) is 18.2 Å². The predicted octanol–water partition coefficient (Wildman–Crippen LogP) is 2.73. The van der Waals surface area contributed by atoms with E-state index in [1.807, 2.05) is 26.8 Å². The fourth-order valence-electron chi connectivity index (χ4n) is 1.22. The zero-order valence-electron chi connectivity index (χ0n) is 9.28. The molecular formula is C12H16O3. The third kappa shape index (κ3) is 3.62. The van der Waals surface area contributed by atoms with E-state index in [4.69, 9.17) is 9.84 Å². The Kier molecular flexibility index (Phi) is 3.72. The molecule has 0 radical (unpaired) electrons. The second-order valence-electron chi connectivity index (χ2n) is 4.04. The molecule has 0 amide bonds. The van der Waals surface area contributed by atoms with Crippen LogP contribution < -0.4 is 4.74 Å². The molecular weight excluding hydrogens is 192 g/mol. The number of hydrogen-bond acceptors (Lipinski definition) is 2. The smallest absolute Gasteiger partial charge is 0.335 e. The molecule has 0 saturated heterocycles. The van der Waals surface area contributed by atoms with Crippen molar-refractivity contribution in [3.63, 3.8) is 0 Å². The van der Waals surface area contributed by atoms with Crippen molar-refractivity contribution in [2.45, 2.75) is 20.8 Å². The van der Waals surface area contributed by atoms with Crippen molar-refractivity contribution in [2.75, 3.05) is 6.61 Å². The predicted molar refractivity (Wildman–Crippen MR) is 58.5 cm³/mol. The highest BCUT2D eigenvalue weighted by atomic mass is 16.5. The van der Waals surface area contributed by atoms with Crippen molar-refractivity contribution in [1.29, 1.82) is 0 Å². The lowest BCUT2D eigenvalue weighted by atomic mass is 10.1. The van der Waals surface area contributed by atoms with Gasteiger partial charge in [0.05, 0.1) is 12.2 Å². The van der Waals surface area contributed by atoms with Crippen molar-refractivity contribution < 1.29 is 14.6 Å². The highest BCUT2D eigenvalue weighted by Crippen LogP contribution is 2.17. The first-order valence-corrected chi connectivity index (χ1v) is 4.97. The Bertz CT molecular complexity index is 356. The molecule has 0 aromatic heterocycles. The summed E-state index contributed by atoms with van der Waals surface area (Å²) >= 11 is 0. The van der Waals surface area contributed by atoms with E-state index in [0.29, 0.717) is 18.3 Å². The van der Waals surface area contributed by atoms with E-state index in [2.05, 4.69) is 0 Å². The number of carbonyl (C=O) groups is 1. The van der Waals surface area contributed by atoms with Gasteiger partial charge in [0.2, 0.25) is 0 Å². The lowest BCUT2D eigenvalue weighted by molar-refractivity contribution is 0.0696. The van der Waals surface area contributed by atoms with Crippen molar-refractivity contribution in [3.05, 3.63) is 29.3 Å². The Morgan fingerprint density at radius 3 is 2.60 bits per heavy atom. The molecule has 0 aliphatic carbocycles. The lowest BCUT2D eigenvalue weighted by Gasteiger charge is -2.10. The summed E-state index contributed by atoms with van der Waals surface area (Å²) in [6, 6.07) is 5.02. The molecule has 15 heavy (non-hydrogen) atoms. The molecule has 0 aliphatic rings. The second kappa shape index (κ2) is 4.82. The zero-order valence-corrected chi connectivity index (χ0v) is 9.28. The third-order valence-corrected chi connectivity index (χ3v) is 1.88. The van der Waals surface area contributed by atoms with Crippen LogP contribution in [-0.4, -0.2) is 17.7 Å². The van der Waals surface area contributed by atoms with Gasteiger partial charge in [-0.3, -0.25) is 0 Å². The highest BCUT2D eigenvalue weighted by Gasteiger charge is 2.06. The molecule has 1 rings (SSSR count). The zero-order chi connectivity index (χ0) is 11.4. The molecule has 0 saturated carbocycles. The molecule has 3 nitrogen and oxygen atoms in total. The van der Waals surface area contributed by atoms with Gasteiger partial charge in [-0.25, -0.2) is 4.79 Å². The number of benzene rings is 1.